The monoisotopic (exact) mass is 324 g/mol. The minimum atomic E-state index is -0.889. The molecule has 7 unspecified atom stereocenters. The van der Waals surface area contributed by atoms with Gasteiger partial charge in [-0.3, -0.25) is 4.99 Å². The molecule has 22 heavy (non-hydrogen) atoms. The van der Waals surface area contributed by atoms with Crippen LogP contribution in [0, 0.1) is 29.6 Å². The number of aliphatic imine (C=N–C) groups is 1. The van der Waals surface area contributed by atoms with Crippen molar-refractivity contribution < 1.29 is 5.11 Å². The number of fused-ring (bicyclic) bond motifs is 1. The van der Waals surface area contributed by atoms with E-state index in [0.717, 1.165) is 38.0 Å². The Morgan fingerprint density at radius 2 is 1.86 bits per heavy atom. The van der Waals surface area contributed by atoms with Crippen molar-refractivity contribution in [3.05, 3.63) is 0 Å². The van der Waals surface area contributed by atoms with Gasteiger partial charge in [0.15, 0.2) is 0 Å². The number of alkyl halides is 1. The van der Waals surface area contributed by atoms with Crippen LogP contribution in [0.1, 0.15) is 58.3 Å². The third-order valence-electron chi connectivity index (χ3n) is 6.99. The van der Waals surface area contributed by atoms with Crippen LogP contribution in [-0.4, -0.2) is 28.0 Å². The predicted molar refractivity (Wildman–Crippen MR) is 90.1 cm³/mol. The lowest BCUT2D eigenvalue weighted by atomic mass is 9.60. The highest BCUT2D eigenvalue weighted by molar-refractivity contribution is 6.20. The van der Waals surface area contributed by atoms with Crippen molar-refractivity contribution in [2.75, 3.05) is 0 Å². The molecule has 0 aromatic rings. The Labute approximate surface area is 138 Å². The zero-order chi connectivity index (χ0) is 15.5. The van der Waals surface area contributed by atoms with Gasteiger partial charge >= 0.3 is 0 Å². The molecule has 1 heterocycles. The van der Waals surface area contributed by atoms with Crippen molar-refractivity contribution in [2.45, 2.75) is 75.3 Å². The van der Waals surface area contributed by atoms with E-state index in [1.54, 1.807) is 0 Å². The number of nitrogens with zero attached hydrogens (tertiary/aromatic N) is 1. The van der Waals surface area contributed by atoms with Gasteiger partial charge in [-0.15, -0.1) is 11.6 Å². The summed E-state index contributed by atoms with van der Waals surface area (Å²) < 4.78 is 0. The van der Waals surface area contributed by atoms with Gasteiger partial charge in [0.25, 0.3) is 0 Å². The normalized spacial score (nSPS) is 52.2. The summed E-state index contributed by atoms with van der Waals surface area (Å²) in [6.07, 6.45) is 9.17. The summed E-state index contributed by atoms with van der Waals surface area (Å²) in [7, 11) is 0. The standard InChI is InChI=1S/C18H29ClN2O/c1-10-2-7-16-15(8-10)18(22,17(20)21-16)14-9-12(19)5-6-13(14)11-3-4-11/h10-16,22H,2-9H2,1H3,(H2,20,21). The average molecular weight is 325 g/mol. The summed E-state index contributed by atoms with van der Waals surface area (Å²) in [5, 5.41) is 11.9. The van der Waals surface area contributed by atoms with E-state index < -0.39 is 5.60 Å². The predicted octanol–water partition coefficient (Wildman–Crippen LogP) is 3.33. The van der Waals surface area contributed by atoms with E-state index in [0.29, 0.717) is 17.7 Å². The van der Waals surface area contributed by atoms with Crippen LogP contribution in [0.2, 0.25) is 0 Å². The molecular weight excluding hydrogens is 296 g/mol. The van der Waals surface area contributed by atoms with E-state index >= 15 is 0 Å². The highest BCUT2D eigenvalue weighted by atomic mass is 35.5. The molecule has 4 heteroatoms. The maximum absolute atomic E-state index is 11.7. The fourth-order valence-electron chi connectivity index (χ4n) is 5.67. The first-order valence-corrected chi connectivity index (χ1v) is 9.64. The molecule has 3 aliphatic carbocycles. The largest absolute Gasteiger partial charge is 0.385 e. The van der Waals surface area contributed by atoms with E-state index in [4.69, 9.17) is 22.3 Å². The summed E-state index contributed by atoms with van der Waals surface area (Å²) >= 11 is 6.50. The quantitative estimate of drug-likeness (QED) is 0.765. The molecule has 3 saturated carbocycles. The van der Waals surface area contributed by atoms with Crippen molar-refractivity contribution in [2.24, 2.45) is 40.3 Å². The van der Waals surface area contributed by atoms with E-state index in [-0.39, 0.29) is 23.3 Å². The summed E-state index contributed by atoms with van der Waals surface area (Å²) in [5.41, 5.74) is 5.45. The zero-order valence-electron chi connectivity index (χ0n) is 13.5. The second-order valence-electron chi connectivity index (χ2n) is 8.45. The smallest absolute Gasteiger partial charge is 0.129 e. The minimum Gasteiger partial charge on any atom is -0.385 e. The number of amidine groups is 1. The van der Waals surface area contributed by atoms with Crippen molar-refractivity contribution in [3.8, 4) is 0 Å². The number of halogens is 1. The molecule has 0 saturated heterocycles. The maximum atomic E-state index is 11.7. The van der Waals surface area contributed by atoms with E-state index in [1.807, 2.05) is 0 Å². The molecule has 0 spiro atoms. The topological polar surface area (TPSA) is 58.6 Å². The zero-order valence-corrected chi connectivity index (χ0v) is 14.3. The van der Waals surface area contributed by atoms with Crippen LogP contribution >= 0.6 is 11.6 Å². The number of nitrogens with two attached hydrogens (primary N) is 1. The van der Waals surface area contributed by atoms with Crippen LogP contribution in [-0.2, 0) is 0 Å². The molecule has 4 aliphatic rings. The van der Waals surface area contributed by atoms with Gasteiger partial charge in [0.1, 0.15) is 11.4 Å². The van der Waals surface area contributed by atoms with Gasteiger partial charge in [-0.1, -0.05) is 6.92 Å². The first-order chi connectivity index (χ1) is 10.5. The minimum absolute atomic E-state index is 0.192. The Hall–Kier alpha value is -0.280. The number of aliphatic hydroxyl groups is 1. The molecule has 3 nitrogen and oxygen atoms in total. The van der Waals surface area contributed by atoms with E-state index in [9.17, 15) is 5.11 Å². The molecule has 1 aliphatic heterocycles. The van der Waals surface area contributed by atoms with Crippen molar-refractivity contribution in [3.63, 3.8) is 0 Å². The molecule has 4 rings (SSSR count). The lowest BCUT2D eigenvalue weighted by molar-refractivity contribution is -0.0608. The molecule has 7 atom stereocenters. The molecule has 3 fully saturated rings. The Morgan fingerprint density at radius 3 is 2.59 bits per heavy atom. The fraction of sp³-hybridized carbons (Fsp3) is 0.944. The molecule has 124 valence electrons. The molecular formula is C18H29ClN2O. The van der Waals surface area contributed by atoms with Gasteiger partial charge in [-0.25, -0.2) is 0 Å². The number of hydrogen-bond acceptors (Lipinski definition) is 3. The molecule has 3 N–H and O–H groups in total. The number of rotatable bonds is 2. The van der Waals surface area contributed by atoms with Crippen LogP contribution in [0.15, 0.2) is 4.99 Å². The van der Waals surface area contributed by atoms with E-state index in [1.165, 1.54) is 19.3 Å². The van der Waals surface area contributed by atoms with Crippen molar-refractivity contribution >= 4 is 17.4 Å². The Bertz CT molecular complexity index is 478. The summed E-state index contributed by atoms with van der Waals surface area (Å²) in [6.45, 7) is 2.30. The SMILES string of the molecule is CC1CCC2N=C(N)C(O)(C3CC(Cl)CCC3C3CC3)C2C1. The van der Waals surface area contributed by atoms with Crippen LogP contribution in [0.4, 0.5) is 0 Å². The molecule has 0 aromatic carbocycles. The summed E-state index contributed by atoms with van der Waals surface area (Å²) in [6, 6.07) is 0.247. The highest BCUT2D eigenvalue weighted by Gasteiger charge is 2.59. The van der Waals surface area contributed by atoms with Crippen LogP contribution in [0.5, 0.6) is 0 Å². The molecule has 0 bridgehead atoms. The van der Waals surface area contributed by atoms with Crippen molar-refractivity contribution in [1.29, 1.82) is 0 Å². The van der Waals surface area contributed by atoms with Crippen LogP contribution < -0.4 is 5.73 Å². The highest BCUT2D eigenvalue weighted by Crippen LogP contribution is 2.55. The first kappa shape index (κ1) is 15.3. The first-order valence-electron chi connectivity index (χ1n) is 9.20. The second-order valence-corrected chi connectivity index (χ2v) is 9.07. The van der Waals surface area contributed by atoms with Crippen molar-refractivity contribution in [1.82, 2.24) is 0 Å². The second kappa shape index (κ2) is 5.37. The third kappa shape index (κ3) is 2.31. The Kier molecular flexibility index (Phi) is 3.73. The number of hydrogen-bond donors (Lipinski definition) is 2. The fourth-order valence-corrected chi connectivity index (χ4v) is 5.98. The Morgan fingerprint density at radius 1 is 1.09 bits per heavy atom. The molecule has 0 radical (unpaired) electrons. The molecule has 0 amide bonds. The average Bonchev–Trinajstić information content (AvgIpc) is 3.29. The van der Waals surface area contributed by atoms with Gasteiger partial charge < -0.3 is 10.8 Å². The van der Waals surface area contributed by atoms with Gasteiger partial charge in [0.2, 0.25) is 0 Å². The lowest BCUT2D eigenvalue weighted by Gasteiger charge is -2.47. The van der Waals surface area contributed by atoms with Gasteiger partial charge in [0.05, 0.1) is 6.04 Å². The van der Waals surface area contributed by atoms with Gasteiger partial charge in [-0.2, -0.15) is 0 Å². The van der Waals surface area contributed by atoms with Gasteiger partial charge in [0, 0.05) is 11.3 Å². The van der Waals surface area contributed by atoms with E-state index in [2.05, 4.69) is 6.92 Å². The van der Waals surface area contributed by atoms with Gasteiger partial charge in [-0.05, 0) is 75.0 Å². The van der Waals surface area contributed by atoms with Crippen LogP contribution in [0.25, 0.3) is 0 Å². The molecule has 0 aromatic heterocycles. The summed E-state index contributed by atoms with van der Waals surface area (Å²) in [5.74, 6) is 3.04. The Balaban J connectivity index is 1.66. The summed E-state index contributed by atoms with van der Waals surface area (Å²) in [4.78, 5) is 4.71. The third-order valence-corrected chi connectivity index (χ3v) is 7.39. The lowest BCUT2D eigenvalue weighted by Crippen LogP contribution is -2.58. The van der Waals surface area contributed by atoms with Crippen LogP contribution in [0.3, 0.4) is 0 Å². The maximum Gasteiger partial charge on any atom is 0.129 e.